The van der Waals surface area contributed by atoms with Gasteiger partial charge in [-0.15, -0.1) is 18.2 Å². The van der Waals surface area contributed by atoms with Crippen molar-refractivity contribution in [1.29, 1.82) is 0 Å². The van der Waals surface area contributed by atoms with E-state index in [0.29, 0.717) is 5.56 Å². The largest absolute Gasteiger partial charge is 0 e. The zero-order valence-electron chi connectivity index (χ0n) is 33.0. The van der Waals surface area contributed by atoms with E-state index in [9.17, 15) is 0 Å². The molecule has 0 saturated heterocycles. The molecule has 1 fully saturated rings. The zero-order chi connectivity index (χ0) is 37.4. The maximum absolute atomic E-state index is 7.35. The minimum absolute atomic E-state index is 0. The number of hydrogen-bond acceptors (Lipinski definition) is 3. The fourth-order valence-electron chi connectivity index (χ4n) is 7.17. The number of aromatic nitrogens is 2. The van der Waals surface area contributed by atoms with Crippen molar-refractivity contribution in [3.05, 3.63) is 139 Å². The van der Waals surface area contributed by atoms with Gasteiger partial charge >= 0.3 is 110 Å². The topological polar surface area (TPSA) is 38.9 Å². The van der Waals surface area contributed by atoms with E-state index < -0.39 is 20.1 Å². The van der Waals surface area contributed by atoms with Crippen LogP contribution in [-0.4, -0.2) is 23.2 Å². The number of rotatable bonds is 6. The van der Waals surface area contributed by atoms with Crippen molar-refractivity contribution in [3.8, 4) is 33.6 Å². The summed E-state index contributed by atoms with van der Waals surface area (Å²) in [4.78, 5) is 9.23. The normalized spacial score (nSPS) is 14.6. The van der Waals surface area contributed by atoms with Crippen LogP contribution in [0, 0.1) is 24.9 Å². The minimum atomic E-state index is -2.08. The molecule has 51 heavy (non-hydrogen) atoms. The molecule has 3 aromatic heterocycles. The fraction of sp³-hybridized carbons (Fsp3) is 0.261. The Bertz CT molecular complexity index is 2280. The van der Waals surface area contributed by atoms with Gasteiger partial charge in [0.15, 0.2) is 0 Å². The van der Waals surface area contributed by atoms with Crippen LogP contribution in [0.2, 0.25) is 17.3 Å². The summed E-state index contributed by atoms with van der Waals surface area (Å²) < 4.78 is 29.9. The predicted octanol–water partition coefficient (Wildman–Crippen LogP) is 12.0. The predicted molar refractivity (Wildman–Crippen MR) is 212 cm³/mol. The number of aryl methyl sites for hydroxylation is 1. The van der Waals surface area contributed by atoms with Gasteiger partial charge in [0.1, 0.15) is 5.58 Å². The quantitative estimate of drug-likeness (QED) is 0.123. The molecule has 5 heteroatoms. The summed E-state index contributed by atoms with van der Waals surface area (Å²) in [5.74, 6) is 7.71. The van der Waals surface area contributed by atoms with Crippen molar-refractivity contribution >= 4 is 39.6 Å². The third-order valence-corrected chi connectivity index (χ3v) is 14.6. The van der Waals surface area contributed by atoms with E-state index in [2.05, 4.69) is 115 Å². The van der Waals surface area contributed by atoms with Crippen molar-refractivity contribution in [3.63, 3.8) is 0 Å². The average Bonchev–Trinajstić information content (AvgIpc) is 3.84. The molecule has 0 N–H and O–H groups in total. The first-order valence-corrected chi connectivity index (χ1v) is 25.0. The van der Waals surface area contributed by atoms with Crippen LogP contribution in [0.3, 0.4) is 0 Å². The van der Waals surface area contributed by atoms with Gasteiger partial charge in [-0.3, -0.25) is 0 Å². The number of fused-ring (bicyclic) bond motifs is 3. The smallest absolute Gasteiger partial charge is 0 e. The van der Waals surface area contributed by atoms with E-state index in [0.717, 1.165) is 55.9 Å². The number of nitrogens with zero attached hydrogens (tertiary/aromatic N) is 2. The SMILES string of the molecule is CC(C)(c1ccnc(-c2[c-]ccc3c2oc2cc(-c4ccccc4)ccc23)c1)C1CCCC1.[2H]C([2H])([2H])c1c[c-]c(-c2cc[c]([Ge]([CH3])([CH3])[CH3])cn2)cc1.[Ir]. The van der Waals surface area contributed by atoms with Crippen LogP contribution in [-0.2, 0) is 25.5 Å². The van der Waals surface area contributed by atoms with Gasteiger partial charge in [0.2, 0.25) is 0 Å². The second kappa shape index (κ2) is 15.4. The molecule has 0 aliphatic heterocycles. The standard InChI is InChI=1S/C31H28NO.C15H18GeN.Ir/c1-31(2,23-11-6-7-12-23)24-17-18-32-28(20-24)27-14-8-13-26-25-16-15-22(19-29(25)33-30(26)27)21-9-4-3-5-10-21;1-12-5-7-13(8-6-12)15-10-9-14(11-17-15)16(2,3)4;/h3-5,8-10,13,15-20,23H,6-7,11-12H2,1-2H3;5-7,9-11H,1-4H3;/q2*-1;/i;1D3;. The molecule has 0 amide bonds. The van der Waals surface area contributed by atoms with Gasteiger partial charge in [0, 0.05) is 31.7 Å². The molecule has 0 bridgehead atoms. The van der Waals surface area contributed by atoms with Crippen molar-refractivity contribution in [2.45, 2.75) is 69.1 Å². The van der Waals surface area contributed by atoms with Crippen LogP contribution in [0.1, 0.15) is 54.8 Å². The summed E-state index contributed by atoms with van der Waals surface area (Å²) in [5.41, 5.74) is 9.44. The number of benzene rings is 4. The molecule has 1 aliphatic rings. The summed E-state index contributed by atoms with van der Waals surface area (Å²) in [6, 6.07) is 40.9. The molecular weight excluding hydrogens is 861 g/mol. The molecule has 1 radical (unpaired) electrons. The molecule has 0 atom stereocenters. The Morgan fingerprint density at radius 1 is 0.804 bits per heavy atom. The van der Waals surface area contributed by atoms with Crippen LogP contribution >= 0.6 is 0 Å². The van der Waals surface area contributed by atoms with Gasteiger partial charge in [-0.1, -0.05) is 86.2 Å². The second-order valence-corrected chi connectivity index (χ2v) is 25.7. The first kappa shape index (κ1) is 33.0. The molecule has 261 valence electrons. The monoisotopic (exact) mass is 912 g/mol. The van der Waals surface area contributed by atoms with Crippen LogP contribution in [0.15, 0.2) is 120 Å². The Labute approximate surface area is 323 Å². The van der Waals surface area contributed by atoms with E-state index >= 15 is 0 Å². The van der Waals surface area contributed by atoms with Gasteiger partial charge in [-0.2, -0.15) is 0 Å². The van der Waals surface area contributed by atoms with Gasteiger partial charge < -0.3 is 9.40 Å². The number of hydrogen-bond donors (Lipinski definition) is 0. The molecule has 0 spiro atoms. The van der Waals surface area contributed by atoms with Gasteiger partial charge in [-0.05, 0) is 58.7 Å². The second-order valence-electron chi connectivity index (χ2n) is 15.1. The number of pyridine rings is 2. The first-order chi connectivity index (χ1) is 25.3. The van der Waals surface area contributed by atoms with Crippen LogP contribution in [0.25, 0.3) is 55.6 Å². The van der Waals surface area contributed by atoms with E-state index in [1.165, 1.54) is 47.3 Å². The molecule has 1 aliphatic carbocycles. The van der Waals surface area contributed by atoms with Gasteiger partial charge in [0.05, 0.1) is 5.58 Å². The molecule has 3 heterocycles. The molecule has 4 aromatic carbocycles. The van der Waals surface area contributed by atoms with Crippen molar-refractivity contribution in [2.75, 3.05) is 0 Å². The van der Waals surface area contributed by atoms with Crippen LogP contribution in [0.5, 0.6) is 0 Å². The molecule has 1 saturated carbocycles. The Morgan fingerprint density at radius 3 is 2.29 bits per heavy atom. The number of furan rings is 1. The summed E-state index contributed by atoms with van der Waals surface area (Å²) in [6.07, 6.45) is 9.23. The maximum atomic E-state index is 7.35. The van der Waals surface area contributed by atoms with Crippen molar-refractivity contribution in [1.82, 2.24) is 9.97 Å². The van der Waals surface area contributed by atoms with E-state index in [4.69, 9.17) is 13.5 Å². The van der Waals surface area contributed by atoms with Crippen molar-refractivity contribution < 1.29 is 28.6 Å². The molecule has 0 unspecified atom stereocenters. The molecular formula is C46H46GeIrN2O-2. The fourth-order valence-corrected chi connectivity index (χ4v) is 9.35. The van der Waals surface area contributed by atoms with Gasteiger partial charge in [-0.25, -0.2) is 0 Å². The van der Waals surface area contributed by atoms with Gasteiger partial charge in [0.25, 0.3) is 0 Å². The third-order valence-electron chi connectivity index (χ3n) is 10.4. The molecule has 7 aromatic rings. The van der Waals surface area contributed by atoms with Crippen LogP contribution < -0.4 is 4.40 Å². The summed E-state index contributed by atoms with van der Waals surface area (Å²) in [5, 5.41) is 2.24. The van der Waals surface area contributed by atoms with E-state index in [1.807, 2.05) is 30.6 Å². The van der Waals surface area contributed by atoms with E-state index in [-0.39, 0.29) is 25.5 Å². The first-order valence-electron chi connectivity index (χ1n) is 19.2. The zero-order valence-corrected chi connectivity index (χ0v) is 34.5. The van der Waals surface area contributed by atoms with Crippen LogP contribution in [0.4, 0.5) is 0 Å². The third kappa shape index (κ3) is 7.99. The Balaban J connectivity index is 0.000000205. The summed E-state index contributed by atoms with van der Waals surface area (Å²) in [6.45, 7) is 2.70. The molecule has 8 rings (SSSR count). The summed E-state index contributed by atoms with van der Waals surface area (Å²) in [7, 11) is 0. The maximum Gasteiger partial charge on any atom is 0 e. The summed E-state index contributed by atoms with van der Waals surface area (Å²) >= 11 is -1.83. The average molecular weight is 911 g/mol. The minimum Gasteiger partial charge on any atom is 0 e. The van der Waals surface area contributed by atoms with Crippen molar-refractivity contribution in [2.24, 2.45) is 5.92 Å². The Hall–Kier alpha value is -3.83. The van der Waals surface area contributed by atoms with E-state index in [1.54, 1.807) is 12.1 Å². The molecule has 3 nitrogen and oxygen atoms in total. The Kier molecular flexibility index (Phi) is 9.99. The Morgan fingerprint density at radius 2 is 1.61 bits per heavy atom.